The van der Waals surface area contributed by atoms with Crippen LogP contribution < -0.4 is 5.32 Å². The topological polar surface area (TPSA) is 128 Å². The predicted molar refractivity (Wildman–Crippen MR) is 157 cm³/mol. The van der Waals surface area contributed by atoms with Gasteiger partial charge in [-0.25, -0.2) is 19.0 Å². The minimum absolute atomic E-state index is 0.128. The minimum atomic E-state index is -0.848. The fraction of sp³-hybridized carbons (Fsp3) is 0.500. The van der Waals surface area contributed by atoms with Crippen molar-refractivity contribution in [3.8, 4) is 0 Å². The number of hydrogen-bond acceptors (Lipinski definition) is 9. The maximum atomic E-state index is 14.7. The van der Waals surface area contributed by atoms with Gasteiger partial charge in [0.2, 0.25) is 0 Å². The third-order valence-corrected chi connectivity index (χ3v) is 9.71. The summed E-state index contributed by atoms with van der Waals surface area (Å²) < 4.78 is 20.2. The van der Waals surface area contributed by atoms with Crippen LogP contribution in [0.3, 0.4) is 0 Å². The highest BCUT2D eigenvalue weighted by molar-refractivity contribution is 7.11. The molecule has 1 aromatic carbocycles. The molecule has 0 spiro atoms. The van der Waals surface area contributed by atoms with Gasteiger partial charge in [-0.05, 0) is 50.8 Å². The number of rotatable bonds is 9. The van der Waals surface area contributed by atoms with Crippen LogP contribution in [0, 0.1) is 18.2 Å². The summed E-state index contributed by atoms with van der Waals surface area (Å²) in [7, 11) is 0. The van der Waals surface area contributed by atoms with Crippen LogP contribution in [0.4, 0.5) is 9.18 Å². The normalized spacial score (nSPS) is 24.9. The van der Waals surface area contributed by atoms with Gasteiger partial charge in [0.25, 0.3) is 0 Å². The predicted octanol–water partition coefficient (Wildman–Crippen LogP) is 3.18. The molecule has 43 heavy (non-hydrogen) atoms. The molecule has 0 bridgehead atoms. The lowest BCUT2D eigenvalue weighted by molar-refractivity contribution is -0.144. The minimum Gasteiger partial charge on any atom is -0.481 e. The van der Waals surface area contributed by atoms with E-state index in [1.807, 2.05) is 17.2 Å². The molecule has 2 amide bonds. The van der Waals surface area contributed by atoms with E-state index in [-0.39, 0.29) is 25.0 Å². The fourth-order valence-corrected chi connectivity index (χ4v) is 7.06. The number of carbonyl (C=O) groups is 3. The van der Waals surface area contributed by atoms with E-state index < -0.39 is 28.9 Å². The molecule has 6 rings (SSSR count). The summed E-state index contributed by atoms with van der Waals surface area (Å²) in [6.45, 7) is 8.10. The molecule has 4 heterocycles. The van der Waals surface area contributed by atoms with Gasteiger partial charge in [0.1, 0.15) is 11.9 Å². The quantitative estimate of drug-likeness (QED) is 0.415. The molecule has 1 saturated carbocycles. The number of carboxylic acids is 1. The lowest BCUT2D eigenvalue weighted by Crippen LogP contribution is -2.60. The number of aromatic nitrogens is 1. The smallest absolute Gasteiger partial charge is 0.338 e. The Balaban J connectivity index is 1.32. The van der Waals surface area contributed by atoms with E-state index in [1.165, 1.54) is 17.4 Å². The van der Waals surface area contributed by atoms with Crippen LogP contribution in [0.1, 0.15) is 48.9 Å². The molecule has 3 fully saturated rings. The molecule has 13 heteroatoms. The highest BCUT2D eigenvalue weighted by Crippen LogP contribution is 2.48. The van der Waals surface area contributed by atoms with Gasteiger partial charge in [0.05, 0.1) is 23.1 Å². The second-order valence-corrected chi connectivity index (χ2v) is 12.9. The van der Waals surface area contributed by atoms with Crippen LogP contribution in [0.15, 0.2) is 46.0 Å². The van der Waals surface area contributed by atoms with E-state index in [9.17, 15) is 23.9 Å². The number of carbonyl (C=O) groups excluding carboxylic acids is 2. The summed E-state index contributed by atoms with van der Waals surface area (Å²) >= 11 is 1.40. The van der Waals surface area contributed by atoms with Gasteiger partial charge >= 0.3 is 18.0 Å². The van der Waals surface area contributed by atoms with Gasteiger partial charge in [-0.1, -0.05) is 12.1 Å². The Kier molecular flexibility index (Phi) is 7.49. The number of carboxylic acid groups (broad SMARTS) is 1. The molecule has 4 aliphatic rings. The Hall–Kier alpha value is -3.84. The first-order chi connectivity index (χ1) is 20.5. The Bertz CT molecular complexity index is 1520. The zero-order valence-electron chi connectivity index (χ0n) is 24.4. The SMILES string of the molecule is CCOC(=O)C1=C(CN2CCN3C(=O)N(CC4(C(=O)O)CC4)C[C@]3(C)C2)NC(c2nccs2)=N[C@H]1c1cccc(F)c1C. The zero-order chi connectivity index (χ0) is 30.5. The van der Waals surface area contributed by atoms with Crippen LogP contribution in [0.2, 0.25) is 0 Å². The van der Waals surface area contributed by atoms with E-state index >= 15 is 0 Å². The average Bonchev–Trinajstić information content (AvgIpc) is 3.45. The number of urea groups is 1. The van der Waals surface area contributed by atoms with Gasteiger partial charge < -0.3 is 25.0 Å². The summed E-state index contributed by atoms with van der Waals surface area (Å²) in [4.78, 5) is 53.7. The molecule has 11 nitrogen and oxygen atoms in total. The van der Waals surface area contributed by atoms with E-state index in [4.69, 9.17) is 9.73 Å². The molecule has 3 aliphatic heterocycles. The lowest BCUT2D eigenvalue weighted by Gasteiger charge is -2.44. The highest BCUT2D eigenvalue weighted by atomic mass is 32.1. The highest BCUT2D eigenvalue weighted by Gasteiger charge is 2.56. The van der Waals surface area contributed by atoms with Crippen molar-refractivity contribution in [3.63, 3.8) is 0 Å². The number of benzene rings is 1. The first-order valence-electron chi connectivity index (χ1n) is 14.5. The van der Waals surface area contributed by atoms with Crippen LogP contribution in [0.25, 0.3) is 0 Å². The van der Waals surface area contributed by atoms with Gasteiger partial charge in [-0.3, -0.25) is 14.7 Å². The third kappa shape index (κ3) is 5.29. The number of thiazole rings is 1. The number of aliphatic imine (C=N–C) groups is 1. The number of amides is 2. The van der Waals surface area contributed by atoms with Crippen LogP contribution >= 0.6 is 11.3 Å². The van der Waals surface area contributed by atoms with Crippen molar-refractivity contribution in [2.75, 3.05) is 45.9 Å². The molecule has 2 N–H and O–H groups in total. The first kappa shape index (κ1) is 29.2. The molecule has 2 saturated heterocycles. The molecular weight excluding hydrogens is 575 g/mol. The number of ether oxygens (including phenoxy) is 1. The van der Waals surface area contributed by atoms with Crippen LogP contribution in [0.5, 0.6) is 0 Å². The standard InChI is InChI=1S/C30H35FN6O5S/c1-4-42-26(38)22-21(33-24(25-32-10-13-43-25)34-23(22)19-6-5-7-20(31)18(19)2)14-35-11-12-37-28(41)36(16-29(37,3)15-35)17-30(8-9-30)27(39)40/h5-7,10,13,23H,4,8-9,11-12,14-17H2,1-3H3,(H,33,34)(H,39,40)/t23-,29-/m0/s1. The van der Waals surface area contributed by atoms with Gasteiger partial charge in [0.15, 0.2) is 10.8 Å². The van der Waals surface area contributed by atoms with Crippen LogP contribution in [-0.2, 0) is 14.3 Å². The molecule has 0 unspecified atom stereocenters. The summed E-state index contributed by atoms with van der Waals surface area (Å²) in [5.74, 6) is -1.28. The molecule has 0 radical (unpaired) electrons. The van der Waals surface area contributed by atoms with Crippen molar-refractivity contribution >= 4 is 35.1 Å². The number of aliphatic carboxylic acids is 1. The van der Waals surface area contributed by atoms with E-state index in [0.29, 0.717) is 78.8 Å². The van der Waals surface area contributed by atoms with E-state index in [0.717, 1.165) is 0 Å². The summed E-state index contributed by atoms with van der Waals surface area (Å²) in [6, 6.07) is 3.83. The summed E-state index contributed by atoms with van der Waals surface area (Å²) in [5.41, 5.74) is 0.503. The van der Waals surface area contributed by atoms with Crippen molar-refractivity contribution in [1.29, 1.82) is 0 Å². The number of amidine groups is 1. The Labute approximate surface area is 253 Å². The second kappa shape index (κ2) is 11.0. The Morgan fingerprint density at radius 3 is 2.72 bits per heavy atom. The van der Waals surface area contributed by atoms with Crippen molar-refractivity contribution in [3.05, 3.63) is 63.0 Å². The molecule has 2 aromatic rings. The molecule has 228 valence electrons. The number of nitrogens with zero attached hydrogens (tertiary/aromatic N) is 5. The van der Waals surface area contributed by atoms with E-state index in [1.54, 1.807) is 37.1 Å². The number of fused-ring (bicyclic) bond motifs is 1. The third-order valence-electron chi connectivity index (χ3n) is 8.93. The summed E-state index contributed by atoms with van der Waals surface area (Å²) in [6.07, 6.45) is 2.84. The number of piperazine rings is 1. The van der Waals surface area contributed by atoms with Crippen LogP contribution in [-0.4, -0.2) is 100 Å². The van der Waals surface area contributed by atoms with Crippen molar-refractivity contribution in [2.45, 2.75) is 45.2 Å². The van der Waals surface area contributed by atoms with Gasteiger partial charge in [-0.15, -0.1) is 11.3 Å². The largest absolute Gasteiger partial charge is 0.481 e. The van der Waals surface area contributed by atoms with Crippen molar-refractivity contribution in [1.82, 2.24) is 25.0 Å². The summed E-state index contributed by atoms with van der Waals surface area (Å²) in [5, 5.41) is 15.5. The van der Waals surface area contributed by atoms with Crippen molar-refractivity contribution < 1.29 is 28.6 Å². The van der Waals surface area contributed by atoms with Gasteiger partial charge in [-0.2, -0.15) is 0 Å². The fourth-order valence-electron chi connectivity index (χ4n) is 6.47. The van der Waals surface area contributed by atoms with Gasteiger partial charge in [0, 0.05) is 56.5 Å². The number of nitrogens with one attached hydrogen (secondary N) is 1. The number of hydrogen-bond donors (Lipinski definition) is 2. The number of esters is 1. The Morgan fingerprint density at radius 1 is 1.26 bits per heavy atom. The first-order valence-corrected chi connectivity index (χ1v) is 15.4. The lowest BCUT2D eigenvalue weighted by atomic mass is 9.91. The maximum absolute atomic E-state index is 14.7. The molecule has 2 atom stereocenters. The number of halogens is 1. The zero-order valence-corrected chi connectivity index (χ0v) is 25.2. The maximum Gasteiger partial charge on any atom is 0.338 e. The molecule has 1 aliphatic carbocycles. The monoisotopic (exact) mass is 610 g/mol. The molecule has 1 aromatic heterocycles. The van der Waals surface area contributed by atoms with Crippen molar-refractivity contribution in [2.24, 2.45) is 10.4 Å². The second-order valence-electron chi connectivity index (χ2n) is 12.0. The van der Waals surface area contributed by atoms with E-state index in [2.05, 4.69) is 15.2 Å². The molecular formula is C30H35FN6O5S. The average molecular weight is 611 g/mol. The Morgan fingerprint density at radius 2 is 2.05 bits per heavy atom.